The van der Waals surface area contributed by atoms with E-state index in [0.717, 1.165) is 24.8 Å². The van der Waals surface area contributed by atoms with Gasteiger partial charge in [0.1, 0.15) is 5.60 Å². The summed E-state index contributed by atoms with van der Waals surface area (Å²) >= 11 is 0. The quantitative estimate of drug-likeness (QED) is 0.618. The van der Waals surface area contributed by atoms with Crippen LogP contribution in [0.3, 0.4) is 0 Å². The number of hydrogen-bond donors (Lipinski definition) is 1. The molecule has 0 spiro atoms. The summed E-state index contributed by atoms with van der Waals surface area (Å²) in [5, 5.41) is 2.75. The van der Waals surface area contributed by atoms with Gasteiger partial charge in [-0.25, -0.2) is 4.79 Å². The van der Waals surface area contributed by atoms with E-state index >= 15 is 0 Å². The minimum Gasteiger partial charge on any atom is -0.469 e. The molecule has 0 aliphatic rings. The van der Waals surface area contributed by atoms with E-state index in [2.05, 4.69) is 10.1 Å². The lowest BCUT2D eigenvalue weighted by Gasteiger charge is -2.19. The lowest BCUT2D eigenvalue weighted by atomic mass is 10.0. The third-order valence-corrected chi connectivity index (χ3v) is 3.16. The van der Waals surface area contributed by atoms with Crippen LogP contribution in [0.25, 0.3) is 0 Å². The molecule has 1 amide bonds. The van der Waals surface area contributed by atoms with Crippen molar-refractivity contribution < 1.29 is 19.1 Å². The molecular formula is C18H27NO4. The highest BCUT2D eigenvalue weighted by atomic mass is 16.6. The van der Waals surface area contributed by atoms with Crippen LogP contribution in [-0.2, 0) is 27.1 Å². The molecule has 1 N–H and O–H groups in total. The number of amides is 1. The zero-order valence-electron chi connectivity index (χ0n) is 14.5. The van der Waals surface area contributed by atoms with Crippen molar-refractivity contribution in [2.45, 2.75) is 52.1 Å². The van der Waals surface area contributed by atoms with Gasteiger partial charge in [0.05, 0.1) is 13.5 Å². The van der Waals surface area contributed by atoms with Gasteiger partial charge in [0.2, 0.25) is 0 Å². The van der Waals surface area contributed by atoms with E-state index in [1.807, 2.05) is 45.0 Å². The lowest BCUT2D eigenvalue weighted by molar-refractivity contribution is -0.139. The highest BCUT2D eigenvalue weighted by Gasteiger charge is 2.15. The van der Waals surface area contributed by atoms with Gasteiger partial charge in [-0.3, -0.25) is 4.79 Å². The molecule has 0 unspecified atom stereocenters. The van der Waals surface area contributed by atoms with Crippen LogP contribution in [-0.4, -0.2) is 31.3 Å². The number of carbonyl (C=O) groups is 2. The molecule has 0 atom stereocenters. The fourth-order valence-electron chi connectivity index (χ4n) is 2.02. The monoisotopic (exact) mass is 321 g/mol. The Morgan fingerprint density at radius 1 is 1.04 bits per heavy atom. The molecule has 23 heavy (non-hydrogen) atoms. The molecule has 0 saturated heterocycles. The minimum absolute atomic E-state index is 0.231. The molecule has 0 saturated carbocycles. The summed E-state index contributed by atoms with van der Waals surface area (Å²) in [6.07, 6.45) is 2.74. The van der Waals surface area contributed by atoms with Crippen molar-refractivity contribution >= 4 is 12.1 Å². The van der Waals surface area contributed by atoms with Crippen molar-refractivity contribution in [1.82, 2.24) is 5.32 Å². The van der Waals surface area contributed by atoms with Crippen LogP contribution in [0.1, 0.15) is 44.7 Å². The van der Waals surface area contributed by atoms with Crippen molar-refractivity contribution in [2.75, 3.05) is 13.7 Å². The van der Waals surface area contributed by atoms with E-state index in [-0.39, 0.29) is 12.1 Å². The van der Waals surface area contributed by atoms with Gasteiger partial charge in [-0.05, 0) is 51.2 Å². The molecule has 0 radical (unpaired) electrons. The summed E-state index contributed by atoms with van der Waals surface area (Å²) in [7, 11) is 1.39. The maximum absolute atomic E-state index is 11.5. The van der Waals surface area contributed by atoms with Crippen LogP contribution >= 0.6 is 0 Å². The van der Waals surface area contributed by atoms with Gasteiger partial charge in [-0.2, -0.15) is 0 Å². The third-order valence-electron chi connectivity index (χ3n) is 3.16. The van der Waals surface area contributed by atoms with Crippen molar-refractivity contribution in [2.24, 2.45) is 0 Å². The molecule has 1 rings (SSSR count). The van der Waals surface area contributed by atoms with E-state index in [0.29, 0.717) is 13.0 Å². The molecule has 0 bridgehead atoms. The molecule has 0 heterocycles. The minimum atomic E-state index is -0.462. The number of carbonyl (C=O) groups excluding carboxylic acids is 2. The first kappa shape index (κ1) is 19.0. The Hall–Kier alpha value is -2.04. The molecule has 5 nitrogen and oxygen atoms in total. The third kappa shape index (κ3) is 8.86. The second-order valence-corrected chi connectivity index (χ2v) is 6.46. The van der Waals surface area contributed by atoms with E-state index in [1.165, 1.54) is 12.7 Å². The first-order chi connectivity index (χ1) is 10.8. The number of alkyl carbamates (subject to hydrolysis) is 1. The number of aryl methyl sites for hydroxylation is 1. The standard InChI is InChI=1S/C18H27NO4/c1-18(2,3)23-17(21)19-12-6-5-7-14-8-10-15(11-9-14)13-16(20)22-4/h8-11H,5-7,12-13H2,1-4H3,(H,19,21). The first-order valence-electron chi connectivity index (χ1n) is 7.91. The van der Waals surface area contributed by atoms with E-state index in [4.69, 9.17) is 4.74 Å². The van der Waals surface area contributed by atoms with Gasteiger partial charge in [-0.15, -0.1) is 0 Å². The number of unbranched alkanes of at least 4 members (excludes halogenated alkanes) is 1. The molecule has 0 aliphatic heterocycles. The lowest BCUT2D eigenvalue weighted by Crippen LogP contribution is -2.33. The van der Waals surface area contributed by atoms with Crippen LogP contribution < -0.4 is 5.32 Å². The molecule has 0 aromatic heterocycles. The van der Waals surface area contributed by atoms with Gasteiger partial charge in [0, 0.05) is 6.54 Å². The fraction of sp³-hybridized carbons (Fsp3) is 0.556. The number of rotatable bonds is 7. The molecule has 0 aliphatic carbocycles. The highest BCUT2D eigenvalue weighted by molar-refractivity contribution is 5.72. The van der Waals surface area contributed by atoms with Crippen molar-refractivity contribution in [3.63, 3.8) is 0 Å². The van der Waals surface area contributed by atoms with Crippen LogP contribution in [0.4, 0.5) is 4.79 Å². The second kappa shape index (κ2) is 9.18. The van der Waals surface area contributed by atoms with Crippen LogP contribution in [0, 0.1) is 0 Å². The van der Waals surface area contributed by atoms with Gasteiger partial charge in [-0.1, -0.05) is 24.3 Å². The summed E-state index contributed by atoms with van der Waals surface area (Å²) in [5.74, 6) is -0.231. The summed E-state index contributed by atoms with van der Waals surface area (Å²) in [4.78, 5) is 22.7. The van der Waals surface area contributed by atoms with Gasteiger partial charge < -0.3 is 14.8 Å². The predicted octanol–water partition coefficient (Wildman–Crippen LogP) is 3.25. The number of benzene rings is 1. The second-order valence-electron chi connectivity index (χ2n) is 6.46. The molecular weight excluding hydrogens is 294 g/mol. The summed E-state index contributed by atoms with van der Waals surface area (Å²) in [6, 6.07) is 7.95. The summed E-state index contributed by atoms with van der Waals surface area (Å²) in [5.41, 5.74) is 1.71. The van der Waals surface area contributed by atoms with Gasteiger partial charge in [0.15, 0.2) is 0 Å². The average Bonchev–Trinajstić information content (AvgIpc) is 2.46. The van der Waals surface area contributed by atoms with E-state index < -0.39 is 5.60 Å². The topological polar surface area (TPSA) is 64.6 Å². The molecule has 1 aromatic carbocycles. The first-order valence-corrected chi connectivity index (χ1v) is 7.91. The van der Waals surface area contributed by atoms with Gasteiger partial charge in [0.25, 0.3) is 0 Å². The largest absolute Gasteiger partial charge is 0.469 e. The average molecular weight is 321 g/mol. The number of ether oxygens (including phenoxy) is 2. The zero-order chi connectivity index (χ0) is 17.3. The van der Waals surface area contributed by atoms with E-state index in [9.17, 15) is 9.59 Å². The Kier molecular flexibility index (Phi) is 7.59. The maximum Gasteiger partial charge on any atom is 0.407 e. The smallest absolute Gasteiger partial charge is 0.407 e. The number of nitrogens with one attached hydrogen (secondary N) is 1. The molecule has 1 aromatic rings. The van der Waals surface area contributed by atoms with Crippen LogP contribution in [0.2, 0.25) is 0 Å². The zero-order valence-corrected chi connectivity index (χ0v) is 14.5. The summed E-state index contributed by atoms with van der Waals surface area (Å²) in [6.45, 7) is 6.14. The normalized spacial score (nSPS) is 11.0. The van der Waals surface area contributed by atoms with E-state index in [1.54, 1.807) is 0 Å². The van der Waals surface area contributed by atoms with Crippen LogP contribution in [0.5, 0.6) is 0 Å². The predicted molar refractivity (Wildman–Crippen MR) is 89.3 cm³/mol. The van der Waals surface area contributed by atoms with Crippen molar-refractivity contribution in [3.05, 3.63) is 35.4 Å². The number of esters is 1. The van der Waals surface area contributed by atoms with Crippen LogP contribution in [0.15, 0.2) is 24.3 Å². The van der Waals surface area contributed by atoms with Crippen molar-refractivity contribution in [3.8, 4) is 0 Å². The SMILES string of the molecule is COC(=O)Cc1ccc(CCCCNC(=O)OC(C)(C)C)cc1. The van der Waals surface area contributed by atoms with Gasteiger partial charge >= 0.3 is 12.1 Å². The Morgan fingerprint density at radius 3 is 2.22 bits per heavy atom. The Labute approximate surface area is 138 Å². The summed E-state index contributed by atoms with van der Waals surface area (Å²) < 4.78 is 9.81. The fourth-order valence-corrected chi connectivity index (χ4v) is 2.02. The molecule has 128 valence electrons. The highest BCUT2D eigenvalue weighted by Crippen LogP contribution is 2.09. The molecule has 0 fully saturated rings. The van der Waals surface area contributed by atoms with Crippen molar-refractivity contribution in [1.29, 1.82) is 0 Å². The number of hydrogen-bond acceptors (Lipinski definition) is 4. The number of methoxy groups -OCH3 is 1. The molecule has 5 heteroatoms. The Balaban J connectivity index is 2.21. The maximum atomic E-state index is 11.5. The Bertz CT molecular complexity index is 503. The Morgan fingerprint density at radius 2 is 1.65 bits per heavy atom.